The molecule has 33 heavy (non-hydrogen) atoms. The zero-order chi connectivity index (χ0) is 25.1. The summed E-state index contributed by atoms with van der Waals surface area (Å²) in [6.07, 6.45) is 3.38. The molecule has 0 heterocycles. The summed E-state index contributed by atoms with van der Waals surface area (Å²) >= 11 is 0. The van der Waals surface area contributed by atoms with Gasteiger partial charge in [0.05, 0.1) is 31.5 Å². The maximum atomic E-state index is 9.89. The van der Waals surface area contributed by atoms with Gasteiger partial charge in [-0.25, -0.2) is 0 Å². The van der Waals surface area contributed by atoms with E-state index < -0.39 is 16.6 Å². The molecule has 2 rings (SSSR count). The van der Waals surface area contributed by atoms with E-state index in [2.05, 4.69) is 79.9 Å². The van der Waals surface area contributed by atoms with Crippen LogP contribution < -0.4 is 0 Å². The lowest BCUT2D eigenvalue weighted by atomic mass is 9.87. The summed E-state index contributed by atoms with van der Waals surface area (Å²) in [4.78, 5) is 0. The van der Waals surface area contributed by atoms with Crippen LogP contribution in [0, 0.1) is 0 Å². The van der Waals surface area contributed by atoms with Gasteiger partial charge >= 0.3 is 0 Å². The van der Waals surface area contributed by atoms with Gasteiger partial charge in [-0.05, 0) is 47.4 Å². The van der Waals surface area contributed by atoms with Crippen molar-refractivity contribution >= 4 is 16.6 Å². The van der Waals surface area contributed by atoms with Gasteiger partial charge in [0, 0.05) is 12.8 Å². The second-order valence-corrected chi connectivity index (χ2v) is 22.0. The molecule has 1 aliphatic carbocycles. The van der Waals surface area contributed by atoms with Gasteiger partial charge < -0.3 is 18.7 Å². The maximum absolute atomic E-state index is 9.89. The maximum Gasteiger partial charge on any atom is 0.192 e. The number of aliphatic hydroxyl groups is 1. The molecule has 0 bridgehead atoms. The van der Waals surface area contributed by atoms with Crippen LogP contribution in [0.1, 0.15) is 59.9 Å². The molecule has 1 N–H and O–H groups in total. The fourth-order valence-corrected chi connectivity index (χ4v) is 6.24. The normalized spacial score (nSPS) is 23.0. The number of rotatable bonds is 8. The molecule has 1 saturated carbocycles. The molecule has 1 aliphatic rings. The third-order valence-electron chi connectivity index (χ3n) is 7.84. The molecule has 0 unspecified atom stereocenters. The summed E-state index contributed by atoms with van der Waals surface area (Å²) in [5.74, 6) is 0. The Bertz CT molecular complexity index is 736. The van der Waals surface area contributed by atoms with E-state index in [1.54, 1.807) is 0 Å². The molecule has 0 radical (unpaired) electrons. The Balaban J connectivity index is 2.34. The summed E-state index contributed by atoms with van der Waals surface area (Å²) in [5, 5.41) is 10.1. The first kappa shape index (κ1) is 28.5. The summed E-state index contributed by atoms with van der Waals surface area (Å²) in [5.41, 5.74) is 2.28. The number of hydrogen-bond acceptors (Lipinski definition) is 4. The monoisotopic (exact) mass is 492 g/mol. The van der Waals surface area contributed by atoms with E-state index in [0.29, 0.717) is 6.61 Å². The highest BCUT2D eigenvalue weighted by Crippen LogP contribution is 2.44. The minimum absolute atomic E-state index is 0.000400. The van der Waals surface area contributed by atoms with Crippen molar-refractivity contribution in [3.8, 4) is 0 Å². The van der Waals surface area contributed by atoms with Crippen LogP contribution in [0.2, 0.25) is 36.3 Å². The minimum atomic E-state index is -2.03. The fraction of sp³-hybridized carbons (Fsp3) is 0.704. The molecule has 2 atom stereocenters. The van der Waals surface area contributed by atoms with Crippen molar-refractivity contribution < 1.29 is 18.7 Å². The molecule has 0 saturated heterocycles. The van der Waals surface area contributed by atoms with Crippen LogP contribution >= 0.6 is 0 Å². The Morgan fingerprint density at radius 3 is 1.70 bits per heavy atom. The quantitative estimate of drug-likeness (QED) is 0.311. The molecular formula is C27H48O4Si2. The van der Waals surface area contributed by atoms with E-state index in [1.165, 1.54) is 5.56 Å². The van der Waals surface area contributed by atoms with Crippen LogP contribution in [0.25, 0.3) is 0 Å². The fourth-order valence-electron chi connectivity index (χ4n) is 3.64. The van der Waals surface area contributed by atoms with E-state index in [0.717, 1.165) is 18.4 Å². The Morgan fingerprint density at radius 2 is 1.30 bits per heavy atom. The summed E-state index contributed by atoms with van der Waals surface area (Å²) < 4.78 is 20.3. The third-order valence-corrected chi connectivity index (χ3v) is 16.8. The van der Waals surface area contributed by atoms with Gasteiger partial charge in [-0.2, -0.15) is 0 Å². The van der Waals surface area contributed by atoms with Crippen LogP contribution in [-0.4, -0.2) is 46.7 Å². The zero-order valence-electron chi connectivity index (χ0n) is 22.7. The first-order valence-corrected chi connectivity index (χ1v) is 18.2. The second kappa shape index (κ2) is 10.9. The van der Waals surface area contributed by atoms with Crippen molar-refractivity contribution in [1.82, 2.24) is 0 Å². The molecule has 188 valence electrons. The van der Waals surface area contributed by atoms with E-state index in [1.807, 2.05) is 24.3 Å². The molecule has 4 nitrogen and oxygen atoms in total. The van der Waals surface area contributed by atoms with Crippen LogP contribution in [0.3, 0.4) is 0 Å². The van der Waals surface area contributed by atoms with Crippen LogP contribution in [0.15, 0.2) is 42.0 Å². The molecule has 1 aromatic carbocycles. The third kappa shape index (κ3) is 7.61. The Kier molecular flexibility index (Phi) is 9.38. The zero-order valence-corrected chi connectivity index (χ0v) is 24.7. The molecular weight excluding hydrogens is 444 g/mol. The van der Waals surface area contributed by atoms with Crippen molar-refractivity contribution in [3.05, 3.63) is 47.5 Å². The van der Waals surface area contributed by atoms with Gasteiger partial charge in [-0.15, -0.1) is 0 Å². The number of aliphatic hydroxyl groups excluding tert-OH is 1. The number of hydrogen-bond donors (Lipinski definition) is 1. The van der Waals surface area contributed by atoms with E-state index >= 15 is 0 Å². The molecule has 0 aliphatic heterocycles. The average molecular weight is 493 g/mol. The van der Waals surface area contributed by atoms with Crippen molar-refractivity contribution in [3.63, 3.8) is 0 Å². The lowest BCUT2D eigenvalue weighted by Gasteiger charge is -2.47. The minimum Gasteiger partial charge on any atom is -0.410 e. The van der Waals surface area contributed by atoms with Gasteiger partial charge in [0.15, 0.2) is 16.6 Å². The molecule has 6 heteroatoms. The SMILES string of the molecule is CC(C)(C)[Si](C)(C)O[C@@H]1CC(OCc2ccccc2)C[C@@H](O[Si](C)(C)C(C)(C)C)C1=CCO. The predicted octanol–water partition coefficient (Wildman–Crippen LogP) is 7.07. The number of ether oxygens (including phenoxy) is 1. The number of benzene rings is 1. The second-order valence-electron chi connectivity index (χ2n) is 12.5. The van der Waals surface area contributed by atoms with Crippen molar-refractivity contribution in [2.45, 2.75) is 116 Å². The van der Waals surface area contributed by atoms with Crippen LogP contribution in [-0.2, 0) is 20.2 Å². The average Bonchev–Trinajstić information content (AvgIpc) is 2.67. The van der Waals surface area contributed by atoms with Gasteiger partial charge in [-0.3, -0.25) is 0 Å². The highest BCUT2D eigenvalue weighted by atomic mass is 28.4. The molecule has 0 amide bonds. The van der Waals surface area contributed by atoms with E-state index in [4.69, 9.17) is 13.6 Å². The first-order valence-electron chi connectivity index (χ1n) is 12.4. The van der Waals surface area contributed by atoms with Crippen molar-refractivity contribution in [2.75, 3.05) is 6.61 Å². The Morgan fingerprint density at radius 1 is 0.848 bits per heavy atom. The lowest BCUT2D eigenvalue weighted by molar-refractivity contribution is -0.0327. The van der Waals surface area contributed by atoms with Crippen LogP contribution in [0.5, 0.6) is 0 Å². The Hall–Kier alpha value is -0.766. The van der Waals surface area contributed by atoms with Gasteiger partial charge in [0.2, 0.25) is 0 Å². The molecule has 0 spiro atoms. The van der Waals surface area contributed by atoms with Crippen molar-refractivity contribution in [2.24, 2.45) is 0 Å². The summed E-state index contributed by atoms with van der Waals surface area (Å²) in [6.45, 7) is 23.4. The summed E-state index contributed by atoms with van der Waals surface area (Å²) in [6, 6.07) is 10.3. The lowest BCUT2D eigenvalue weighted by Crippen LogP contribution is -2.52. The largest absolute Gasteiger partial charge is 0.410 e. The van der Waals surface area contributed by atoms with Gasteiger partial charge in [0.25, 0.3) is 0 Å². The highest BCUT2D eigenvalue weighted by molar-refractivity contribution is 6.74. The molecule has 1 aromatic rings. The smallest absolute Gasteiger partial charge is 0.192 e. The standard InChI is InChI=1S/C27H48O4Si2/c1-26(2,3)32(7,8)30-24-18-22(29-20-21-14-12-11-13-15-21)19-25(23(24)16-17-28)31-33(9,10)27(4,5)6/h11-16,22,24-25,28H,17-20H2,1-10H3/t22?,24-,25-/m1/s1. The first-order chi connectivity index (χ1) is 15.1. The highest BCUT2D eigenvalue weighted by Gasteiger charge is 2.46. The van der Waals surface area contributed by atoms with Gasteiger partial charge in [-0.1, -0.05) is 78.0 Å². The molecule has 0 aromatic heterocycles. The Labute approximate surface area is 205 Å². The topological polar surface area (TPSA) is 47.9 Å². The van der Waals surface area contributed by atoms with Crippen LogP contribution in [0.4, 0.5) is 0 Å². The van der Waals surface area contributed by atoms with Crippen molar-refractivity contribution in [1.29, 1.82) is 0 Å². The van der Waals surface area contributed by atoms with E-state index in [-0.39, 0.29) is 35.0 Å². The van der Waals surface area contributed by atoms with E-state index in [9.17, 15) is 5.11 Å². The summed E-state index contributed by atoms with van der Waals surface area (Å²) in [7, 11) is -4.05. The van der Waals surface area contributed by atoms with Gasteiger partial charge in [0.1, 0.15) is 0 Å². The predicted molar refractivity (Wildman–Crippen MR) is 144 cm³/mol. The molecule has 1 fully saturated rings.